The Bertz CT molecular complexity index is 973. The van der Waals surface area contributed by atoms with Crippen molar-refractivity contribution in [3.8, 4) is 0 Å². The molecule has 27 heavy (non-hydrogen) atoms. The predicted molar refractivity (Wildman–Crippen MR) is 113 cm³/mol. The lowest BCUT2D eigenvalue weighted by Gasteiger charge is -2.29. The number of thioether (sulfide) groups is 1. The number of halogens is 1. The summed E-state index contributed by atoms with van der Waals surface area (Å²) in [6, 6.07) is 9.38. The van der Waals surface area contributed by atoms with Crippen LogP contribution in [-0.4, -0.2) is 44.1 Å². The van der Waals surface area contributed by atoms with Crippen LogP contribution in [0.5, 0.6) is 0 Å². The first-order chi connectivity index (χ1) is 12.8. The molecule has 1 fully saturated rings. The van der Waals surface area contributed by atoms with Crippen molar-refractivity contribution in [2.45, 2.75) is 11.8 Å². The molecule has 0 atom stereocenters. The summed E-state index contributed by atoms with van der Waals surface area (Å²) < 4.78 is 28.6. The molecule has 0 amide bonds. The van der Waals surface area contributed by atoms with Crippen molar-refractivity contribution in [2.24, 2.45) is 0 Å². The van der Waals surface area contributed by atoms with Crippen LogP contribution in [0.25, 0.3) is 0 Å². The minimum atomic E-state index is -3.81. The summed E-state index contributed by atoms with van der Waals surface area (Å²) >= 11 is 5.18. The lowest BCUT2D eigenvalue weighted by atomic mass is 10.1. The third-order valence-corrected chi connectivity index (χ3v) is 7.48. The molecule has 0 aliphatic carbocycles. The Balaban J connectivity index is 1.91. The number of rotatable bonds is 5. The van der Waals surface area contributed by atoms with Crippen LogP contribution in [0.4, 0.5) is 11.4 Å². The molecule has 1 heterocycles. The van der Waals surface area contributed by atoms with Gasteiger partial charge >= 0.3 is 5.97 Å². The summed E-state index contributed by atoms with van der Waals surface area (Å²) in [5.41, 5.74) is 1.73. The first kappa shape index (κ1) is 20.0. The van der Waals surface area contributed by atoms with Gasteiger partial charge in [0.25, 0.3) is 10.0 Å². The largest absolute Gasteiger partial charge is 0.478 e. The van der Waals surface area contributed by atoms with E-state index in [1.54, 1.807) is 31.2 Å². The van der Waals surface area contributed by atoms with Crippen molar-refractivity contribution in [2.75, 3.05) is 34.2 Å². The van der Waals surface area contributed by atoms with Crippen LogP contribution in [0.15, 0.2) is 45.8 Å². The van der Waals surface area contributed by atoms with Gasteiger partial charge in [0.2, 0.25) is 0 Å². The summed E-state index contributed by atoms with van der Waals surface area (Å²) in [4.78, 5) is 13.9. The van der Waals surface area contributed by atoms with Crippen LogP contribution in [0.2, 0.25) is 0 Å². The number of hydrogen-bond acceptors (Lipinski definition) is 5. The van der Waals surface area contributed by atoms with Crippen molar-refractivity contribution in [1.29, 1.82) is 0 Å². The average molecular weight is 471 g/mol. The zero-order valence-corrected chi connectivity index (χ0v) is 17.8. The number of carboxylic acid groups (broad SMARTS) is 1. The second-order valence-corrected chi connectivity index (χ2v) is 9.91. The number of aryl methyl sites for hydroxylation is 1. The van der Waals surface area contributed by atoms with Crippen molar-refractivity contribution in [3.63, 3.8) is 0 Å². The van der Waals surface area contributed by atoms with Gasteiger partial charge in [-0.25, -0.2) is 13.2 Å². The fourth-order valence-corrected chi connectivity index (χ4v) is 5.13. The zero-order valence-electron chi connectivity index (χ0n) is 14.6. The van der Waals surface area contributed by atoms with E-state index in [9.17, 15) is 18.3 Å². The number of benzene rings is 2. The maximum Gasteiger partial charge on any atom is 0.337 e. The Hall–Kier alpha value is -1.71. The highest BCUT2D eigenvalue weighted by atomic mass is 79.9. The molecule has 2 aromatic rings. The minimum Gasteiger partial charge on any atom is -0.478 e. The topological polar surface area (TPSA) is 86.7 Å². The first-order valence-electron chi connectivity index (χ1n) is 8.27. The Morgan fingerprint density at radius 2 is 1.89 bits per heavy atom. The Kier molecular flexibility index (Phi) is 6.02. The molecule has 2 aromatic carbocycles. The molecule has 0 radical (unpaired) electrons. The molecule has 0 unspecified atom stereocenters. The molecule has 6 nitrogen and oxygen atoms in total. The van der Waals surface area contributed by atoms with Gasteiger partial charge in [0, 0.05) is 34.8 Å². The highest BCUT2D eigenvalue weighted by molar-refractivity contribution is 9.10. The zero-order chi connectivity index (χ0) is 19.6. The number of nitrogens with zero attached hydrogens (tertiary/aromatic N) is 1. The number of carbonyl (C=O) groups is 1. The van der Waals surface area contributed by atoms with E-state index in [0.29, 0.717) is 5.69 Å². The first-order valence-corrected chi connectivity index (χ1v) is 11.7. The van der Waals surface area contributed by atoms with Gasteiger partial charge in [0.05, 0.1) is 16.1 Å². The molecule has 1 aliphatic heterocycles. The minimum absolute atomic E-state index is 0.0917. The summed E-state index contributed by atoms with van der Waals surface area (Å²) in [6.07, 6.45) is 0. The molecule has 0 saturated carbocycles. The molecule has 0 bridgehead atoms. The van der Waals surface area contributed by atoms with Crippen molar-refractivity contribution >= 4 is 55.1 Å². The number of nitrogens with one attached hydrogen (secondary N) is 1. The smallest absolute Gasteiger partial charge is 0.337 e. The number of sulfonamides is 1. The molecule has 1 aliphatic rings. The lowest BCUT2D eigenvalue weighted by Crippen LogP contribution is -2.33. The van der Waals surface area contributed by atoms with Crippen LogP contribution >= 0.6 is 27.7 Å². The van der Waals surface area contributed by atoms with E-state index < -0.39 is 16.0 Å². The number of anilines is 2. The lowest BCUT2D eigenvalue weighted by molar-refractivity contribution is 0.0697. The highest BCUT2D eigenvalue weighted by Gasteiger charge is 2.21. The maximum absolute atomic E-state index is 12.6. The summed E-state index contributed by atoms with van der Waals surface area (Å²) in [6.45, 7) is 3.35. The van der Waals surface area contributed by atoms with Crippen LogP contribution in [0, 0.1) is 6.92 Å². The van der Waals surface area contributed by atoms with Crippen LogP contribution < -0.4 is 9.62 Å². The third kappa shape index (κ3) is 4.59. The van der Waals surface area contributed by atoms with Crippen LogP contribution in [-0.2, 0) is 10.0 Å². The number of carboxylic acids is 1. The second-order valence-electron chi connectivity index (χ2n) is 6.15. The van der Waals surface area contributed by atoms with Crippen molar-refractivity contribution in [1.82, 2.24) is 0 Å². The van der Waals surface area contributed by atoms with E-state index in [1.807, 2.05) is 16.7 Å². The average Bonchev–Trinajstić information content (AvgIpc) is 2.64. The Morgan fingerprint density at radius 1 is 1.19 bits per heavy atom. The van der Waals surface area contributed by atoms with Gasteiger partial charge in [-0.2, -0.15) is 11.8 Å². The molecule has 9 heteroatoms. The quantitative estimate of drug-likeness (QED) is 0.690. The van der Waals surface area contributed by atoms with Gasteiger partial charge < -0.3 is 10.0 Å². The molecule has 2 N–H and O–H groups in total. The van der Waals surface area contributed by atoms with Crippen LogP contribution in [0.3, 0.4) is 0 Å². The Morgan fingerprint density at radius 3 is 2.52 bits per heavy atom. The molecule has 0 spiro atoms. The number of hydrogen-bond donors (Lipinski definition) is 2. The van der Waals surface area contributed by atoms with Crippen molar-refractivity contribution in [3.05, 3.63) is 52.0 Å². The van der Waals surface area contributed by atoms with Crippen molar-refractivity contribution < 1.29 is 18.3 Å². The van der Waals surface area contributed by atoms with Gasteiger partial charge in [-0.05, 0) is 48.9 Å². The summed E-state index contributed by atoms with van der Waals surface area (Å²) in [5, 5.41) is 9.59. The van der Waals surface area contributed by atoms with E-state index in [1.165, 1.54) is 12.1 Å². The second kappa shape index (κ2) is 8.12. The maximum atomic E-state index is 12.6. The fraction of sp³-hybridized carbons (Fsp3) is 0.278. The van der Waals surface area contributed by atoms with Gasteiger partial charge in [-0.15, -0.1) is 0 Å². The molecule has 3 rings (SSSR count). The standard InChI is InChI=1S/C18H19BrN2O4S2/c1-12-10-14(3-4-16(12)19)27(24,25)20-13-2-5-17(15(11-13)18(22)23)21-6-8-26-9-7-21/h2-5,10-11,20H,6-9H2,1H3,(H,22,23). The molecule has 144 valence electrons. The monoisotopic (exact) mass is 470 g/mol. The van der Waals surface area contributed by atoms with Gasteiger partial charge in [0.15, 0.2) is 0 Å². The van der Waals surface area contributed by atoms with Gasteiger partial charge in [0.1, 0.15) is 0 Å². The summed E-state index contributed by atoms with van der Waals surface area (Å²) in [5.74, 6) is 0.802. The number of aromatic carboxylic acids is 1. The highest BCUT2D eigenvalue weighted by Crippen LogP contribution is 2.28. The van der Waals surface area contributed by atoms with E-state index in [4.69, 9.17) is 0 Å². The van der Waals surface area contributed by atoms with Gasteiger partial charge in [-0.1, -0.05) is 15.9 Å². The SMILES string of the molecule is Cc1cc(S(=O)(=O)Nc2ccc(N3CCSCC3)c(C(=O)O)c2)ccc1Br. The summed E-state index contributed by atoms with van der Waals surface area (Å²) in [7, 11) is -3.81. The van der Waals surface area contributed by atoms with Gasteiger partial charge in [-0.3, -0.25) is 4.72 Å². The van der Waals surface area contributed by atoms with E-state index >= 15 is 0 Å². The molecular weight excluding hydrogens is 452 g/mol. The fourth-order valence-electron chi connectivity index (χ4n) is 2.85. The third-order valence-electron chi connectivity index (χ3n) is 4.27. The normalized spacial score (nSPS) is 14.8. The van der Waals surface area contributed by atoms with Crippen LogP contribution in [0.1, 0.15) is 15.9 Å². The van der Waals surface area contributed by atoms with E-state index in [2.05, 4.69) is 20.7 Å². The molecule has 0 aromatic heterocycles. The molecular formula is C18H19BrN2O4S2. The van der Waals surface area contributed by atoms with E-state index in [0.717, 1.165) is 34.6 Å². The Labute approximate surface area is 171 Å². The molecule has 1 saturated heterocycles. The van der Waals surface area contributed by atoms with E-state index in [-0.39, 0.29) is 16.1 Å². The predicted octanol–water partition coefficient (Wildman–Crippen LogP) is 3.81.